The predicted octanol–water partition coefficient (Wildman–Crippen LogP) is 3.58. The molecular weight excluding hydrogens is 348 g/mol. The maximum atomic E-state index is 12.3. The van der Waals surface area contributed by atoms with Crippen LogP contribution in [0, 0.1) is 0 Å². The minimum atomic E-state index is -3.49. The van der Waals surface area contributed by atoms with Crippen molar-refractivity contribution in [3.8, 4) is 5.75 Å². The highest BCUT2D eigenvalue weighted by atomic mass is 32.2. The summed E-state index contributed by atoms with van der Waals surface area (Å²) in [6.07, 6.45) is 3.74. The van der Waals surface area contributed by atoms with Gasteiger partial charge in [-0.2, -0.15) is 0 Å². The molecule has 0 bridgehead atoms. The summed E-state index contributed by atoms with van der Waals surface area (Å²) >= 11 is 0. The van der Waals surface area contributed by atoms with E-state index in [4.69, 9.17) is 4.74 Å². The van der Waals surface area contributed by atoms with E-state index in [1.54, 1.807) is 31.4 Å². The zero-order chi connectivity index (χ0) is 18.6. The fourth-order valence-corrected chi connectivity index (χ4v) is 4.18. The number of nitrogens with zero attached hydrogens (tertiary/aromatic N) is 1. The fraction of sp³-hybridized carbons (Fsp3) is 0.300. The normalized spacial score (nSPS) is 11.8. The number of sulfonamides is 1. The van der Waals surface area contributed by atoms with Gasteiger partial charge in [0.05, 0.1) is 12.0 Å². The van der Waals surface area contributed by atoms with Crippen molar-refractivity contribution < 1.29 is 13.2 Å². The summed E-state index contributed by atoms with van der Waals surface area (Å²) in [7, 11) is -1.94. The van der Waals surface area contributed by atoms with E-state index >= 15 is 0 Å². The van der Waals surface area contributed by atoms with Crippen molar-refractivity contribution in [1.82, 2.24) is 9.29 Å². The molecule has 0 aliphatic carbocycles. The molecule has 0 fully saturated rings. The molecule has 5 nitrogen and oxygen atoms in total. The van der Waals surface area contributed by atoms with Crippen molar-refractivity contribution >= 4 is 20.9 Å². The highest BCUT2D eigenvalue weighted by Crippen LogP contribution is 2.22. The lowest BCUT2D eigenvalue weighted by molar-refractivity contribution is 0.414. The maximum Gasteiger partial charge on any atom is 0.240 e. The van der Waals surface area contributed by atoms with Gasteiger partial charge in [0, 0.05) is 30.2 Å². The number of methoxy groups -OCH3 is 1. The molecule has 26 heavy (non-hydrogen) atoms. The molecule has 1 aromatic heterocycles. The smallest absolute Gasteiger partial charge is 0.240 e. The van der Waals surface area contributed by atoms with Crippen LogP contribution in [0.5, 0.6) is 5.75 Å². The van der Waals surface area contributed by atoms with Gasteiger partial charge in [0.25, 0.3) is 0 Å². The van der Waals surface area contributed by atoms with Crippen LogP contribution in [0.2, 0.25) is 0 Å². The van der Waals surface area contributed by atoms with Gasteiger partial charge in [-0.15, -0.1) is 0 Å². The Hall–Kier alpha value is -2.31. The van der Waals surface area contributed by atoms with Gasteiger partial charge in [0.15, 0.2) is 0 Å². The second-order valence-electron chi connectivity index (χ2n) is 6.13. The van der Waals surface area contributed by atoms with Crippen LogP contribution in [-0.4, -0.2) is 26.6 Å². The summed E-state index contributed by atoms with van der Waals surface area (Å²) in [5.41, 5.74) is 2.48. The molecule has 0 aliphatic rings. The van der Waals surface area contributed by atoms with E-state index in [1.807, 2.05) is 12.1 Å². The van der Waals surface area contributed by atoms with Gasteiger partial charge >= 0.3 is 0 Å². The topological polar surface area (TPSA) is 60.3 Å². The highest BCUT2D eigenvalue weighted by molar-refractivity contribution is 7.89. The average molecular weight is 372 g/mol. The molecule has 1 N–H and O–H groups in total. The van der Waals surface area contributed by atoms with Gasteiger partial charge in [-0.25, -0.2) is 13.1 Å². The quantitative estimate of drug-likeness (QED) is 0.615. The lowest BCUT2D eigenvalue weighted by Gasteiger charge is -2.07. The predicted molar refractivity (Wildman–Crippen MR) is 104 cm³/mol. The molecule has 0 unspecified atom stereocenters. The fourth-order valence-electron chi connectivity index (χ4n) is 3.11. The summed E-state index contributed by atoms with van der Waals surface area (Å²) in [5.74, 6) is 0.635. The third kappa shape index (κ3) is 3.92. The second kappa shape index (κ2) is 7.93. The molecule has 0 saturated carbocycles. The lowest BCUT2D eigenvalue weighted by Crippen LogP contribution is -2.25. The van der Waals surface area contributed by atoms with Gasteiger partial charge in [0.1, 0.15) is 5.75 Å². The molecule has 3 rings (SSSR count). The summed E-state index contributed by atoms with van der Waals surface area (Å²) in [5, 5.41) is 1.24. The Kier molecular flexibility index (Phi) is 5.64. The largest absolute Gasteiger partial charge is 0.497 e. The van der Waals surface area contributed by atoms with E-state index in [2.05, 4.69) is 34.5 Å². The molecule has 0 spiro atoms. The Labute approximate surface area is 154 Å². The summed E-state index contributed by atoms with van der Waals surface area (Å²) in [6.45, 7) is 3.45. The highest BCUT2D eigenvalue weighted by Gasteiger charge is 2.13. The average Bonchev–Trinajstić information content (AvgIpc) is 3.03. The number of aryl methyl sites for hydroxylation is 2. The van der Waals surface area contributed by atoms with E-state index in [1.165, 1.54) is 16.5 Å². The summed E-state index contributed by atoms with van der Waals surface area (Å²) in [4.78, 5) is 0.251. The molecule has 1 heterocycles. The van der Waals surface area contributed by atoms with E-state index in [-0.39, 0.29) is 4.90 Å². The number of para-hydroxylation sites is 1. The first-order valence-corrected chi connectivity index (χ1v) is 10.2. The summed E-state index contributed by atoms with van der Waals surface area (Å²) in [6, 6.07) is 14.7. The zero-order valence-corrected chi connectivity index (χ0v) is 15.9. The SMILES string of the molecule is CCn1cc(CCCNS(=O)(=O)c2ccc(OC)cc2)c2ccccc21. The molecule has 0 saturated heterocycles. The minimum absolute atomic E-state index is 0.251. The minimum Gasteiger partial charge on any atom is -0.497 e. The van der Waals surface area contributed by atoms with Gasteiger partial charge in [-0.3, -0.25) is 0 Å². The number of ether oxygens (including phenoxy) is 1. The second-order valence-corrected chi connectivity index (χ2v) is 7.90. The molecule has 138 valence electrons. The summed E-state index contributed by atoms with van der Waals surface area (Å²) < 4.78 is 34.7. The molecule has 6 heteroatoms. The molecule has 0 radical (unpaired) electrons. The zero-order valence-electron chi connectivity index (χ0n) is 15.1. The Morgan fingerprint density at radius 3 is 2.50 bits per heavy atom. The number of fused-ring (bicyclic) bond motifs is 1. The first-order chi connectivity index (χ1) is 12.5. The van der Waals surface area contributed by atoms with E-state index < -0.39 is 10.0 Å². The van der Waals surface area contributed by atoms with Crippen molar-refractivity contribution in [3.63, 3.8) is 0 Å². The van der Waals surface area contributed by atoms with Crippen molar-refractivity contribution in [1.29, 1.82) is 0 Å². The lowest BCUT2D eigenvalue weighted by atomic mass is 10.1. The van der Waals surface area contributed by atoms with Crippen LogP contribution in [0.15, 0.2) is 59.6 Å². The van der Waals surface area contributed by atoms with Crippen LogP contribution in [0.3, 0.4) is 0 Å². The third-order valence-electron chi connectivity index (χ3n) is 4.50. The first-order valence-electron chi connectivity index (χ1n) is 8.75. The molecule has 0 amide bonds. The van der Waals surface area contributed by atoms with Crippen LogP contribution in [0.25, 0.3) is 10.9 Å². The molecule has 2 aromatic carbocycles. The van der Waals surface area contributed by atoms with Crippen LogP contribution < -0.4 is 9.46 Å². The number of rotatable bonds is 8. The number of nitrogens with one attached hydrogen (secondary N) is 1. The van der Waals surface area contributed by atoms with Crippen molar-refractivity contribution in [2.45, 2.75) is 31.2 Å². The van der Waals surface area contributed by atoms with Gasteiger partial charge in [-0.05, 0) is 55.7 Å². The number of benzene rings is 2. The molecule has 0 atom stereocenters. The van der Waals surface area contributed by atoms with Crippen LogP contribution >= 0.6 is 0 Å². The van der Waals surface area contributed by atoms with Gasteiger partial charge in [0.2, 0.25) is 10.0 Å². The van der Waals surface area contributed by atoms with E-state index in [0.717, 1.165) is 19.4 Å². The number of hydrogen-bond donors (Lipinski definition) is 1. The first kappa shape index (κ1) is 18.5. The Morgan fingerprint density at radius 2 is 1.81 bits per heavy atom. The van der Waals surface area contributed by atoms with E-state index in [9.17, 15) is 8.42 Å². The maximum absolute atomic E-state index is 12.3. The van der Waals surface area contributed by atoms with Crippen LogP contribution in [-0.2, 0) is 23.0 Å². The molecule has 3 aromatic rings. The third-order valence-corrected chi connectivity index (χ3v) is 5.97. The van der Waals surface area contributed by atoms with E-state index in [0.29, 0.717) is 12.3 Å². The van der Waals surface area contributed by atoms with Crippen molar-refractivity contribution in [2.24, 2.45) is 0 Å². The van der Waals surface area contributed by atoms with Crippen LogP contribution in [0.1, 0.15) is 18.9 Å². The molecule has 0 aliphatic heterocycles. The Bertz CT molecular complexity index is 976. The Morgan fingerprint density at radius 1 is 1.08 bits per heavy atom. The van der Waals surface area contributed by atoms with Gasteiger partial charge < -0.3 is 9.30 Å². The number of hydrogen-bond acceptors (Lipinski definition) is 3. The van der Waals surface area contributed by atoms with Gasteiger partial charge in [-0.1, -0.05) is 18.2 Å². The Balaban J connectivity index is 1.61. The molecular formula is C20H24N2O3S. The standard InChI is InChI=1S/C20H24N2O3S/c1-3-22-15-16(19-8-4-5-9-20(19)22)7-6-14-21-26(23,24)18-12-10-17(25-2)11-13-18/h4-5,8-13,15,21H,3,6-7,14H2,1-2H3. The van der Waals surface area contributed by atoms with Crippen molar-refractivity contribution in [2.75, 3.05) is 13.7 Å². The number of aromatic nitrogens is 1. The van der Waals surface area contributed by atoms with Crippen LogP contribution in [0.4, 0.5) is 0 Å². The van der Waals surface area contributed by atoms with Crippen molar-refractivity contribution in [3.05, 3.63) is 60.3 Å². The monoisotopic (exact) mass is 372 g/mol.